The topological polar surface area (TPSA) is 98.5 Å². The molecular formula is C16H13ClN2O5. The number of benzene rings is 2. The van der Waals surface area contributed by atoms with Crippen molar-refractivity contribution in [2.45, 2.75) is 6.92 Å². The Morgan fingerprint density at radius 3 is 2.50 bits per heavy atom. The highest BCUT2D eigenvalue weighted by molar-refractivity contribution is 6.34. The number of nitro benzene ring substituents is 1. The third kappa shape index (κ3) is 3.69. The van der Waals surface area contributed by atoms with Crippen LogP contribution in [0, 0.1) is 17.0 Å². The summed E-state index contributed by atoms with van der Waals surface area (Å²) >= 11 is 5.94. The smallest absolute Gasteiger partial charge is 0.337 e. The van der Waals surface area contributed by atoms with Gasteiger partial charge in [0.05, 0.1) is 28.2 Å². The van der Waals surface area contributed by atoms with E-state index in [1.807, 2.05) is 0 Å². The van der Waals surface area contributed by atoms with Crippen molar-refractivity contribution in [3.63, 3.8) is 0 Å². The number of methoxy groups -OCH3 is 1. The van der Waals surface area contributed by atoms with Crippen molar-refractivity contribution >= 4 is 34.9 Å². The van der Waals surface area contributed by atoms with Crippen LogP contribution in [-0.2, 0) is 4.74 Å². The normalized spacial score (nSPS) is 10.1. The first-order chi connectivity index (χ1) is 11.3. The van der Waals surface area contributed by atoms with Gasteiger partial charge in [-0.15, -0.1) is 0 Å². The van der Waals surface area contributed by atoms with Crippen LogP contribution >= 0.6 is 11.6 Å². The first-order valence-corrected chi connectivity index (χ1v) is 7.15. The summed E-state index contributed by atoms with van der Waals surface area (Å²) in [7, 11) is 1.26. The number of rotatable bonds is 4. The number of nitrogens with zero attached hydrogens (tertiary/aromatic N) is 1. The molecule has 0 aromatic heterocycles. The maximum absolute atomic E-state index is 12.3. The van der Waals surface area contributed by atoms with E-state index in [0.717, 1.165) is 11.6 Å². The fourth-order valence-corrected chi connectivity index (χ4v) is 2.25. The second-order valence-electron chi connectivity index (χ2n) is 4.90. The standard InChI is InChI=1S/C16H13ClN2O5/c1-9-3-4-10(16(21)24-2)7-14(9)18-15(20)12-6-5-11(19(22)23)8-13(12)17/h3-8H,1-2H3,(H,18,20). The molecule has 0 atom stereocenters. The Bertz CT molecular complexity index is 835. The first-order valence-electron chi connectivity index (χ1n) is 6.77. The lowest BCUT2D eigenvalue weighted by molar-refractivity contribution is -0.384. The molecule has 1 N–H and O–H groups in total. The molecule has 0 bridgehead atoms. The summed E-state index contributed by atoms with van der Waals surface area (Å²) in [5, 5.41) is 13.3. The lowest BCUT2D eigenvalue weighted by atomic mass is 10.1. The molecule has 0 aliphatic rings. The van der Waals surface area contributed by atoms with E-state index in [2.05, 4.69) is 10.1 Å². The highest BCUT2D eigenvalue weighted by Crippen LogP contribution is 2.24. The Balaban J connectivity index is 2.30. The summed E-state index contributed by atoms with van der Waals surface area (Å²) in [4.78, 5) is 34.0. The number of hydrogen-bond acceptors (Lipinski definition) is 5. The number of nitro groups is 1. The Hall–Kier alpha value is -2.93. The van der Waals surface area contributed by atoms with E-state index in [9.17, 15) is 19.7 Å². The first kappa shape index (κ1) is 17.4. The molecule has 0 heterocycles. The number of halogens is 1. The molecule has 2 aromatic carbocycles. The number of carbonyl (C=O) groups excluding carboxylic acids is 2. The van der Waals surface area contributed by atoms with E-state index in [4.69, 9.17) is 11.6 Å². The predicted octanol–water partition coefficient (Wildman–Crippen LogP) is 3.60. The number of hydrogen-bond donors (Lipinski definition) is 1. The average Bonchev–Trinajstić information content (AvgIpc) is 2.55. The van der Waals surface area contributed by atoms with Crippen LogP contribution in [0.4, 0.5) is 11.4 Å². The van der Waals surface area contributed by atoms with Gasteiger partial charge in [0.15, 0.2) is 0 Å². The maximum Gasteiger partial charge on any atom is 0.337 e. The quantitative estimate of drug-likeness (QED) is 0.517. The van der Waals surface area contributed by atoms with Crippen LogP contribution in [0.3, 0.4) is 0 Å². The molecular weight excluding hydrogens is 336 g/mol. The van der Waals surface area contributed by atoms with Gasteiger partial charge in [-0.25, -0.2) is 4.79 Å². The highest BCUT2D eigenvalue weighted by Gasteiger charge is 2.16. The molecule has 0 fully saturated rings. The zero-order valence-corrected chi connectivity index (χ0v) is 13.6. The van der Waals surface area contributed by atoms with E-state index in [0.29, 0.717) is 5.69 Å². The minimum absolute atomic E-state index is 0.0384. The number of non-ortho nitro benzene ring substituents is 1. The summed E-state index contributed by atoms with van der Waals surface area (Å²) in [6.45, 7) is 1.76. The molecule has 0 saturated carbocycles. The van der Waals surface area contributed by atoms with E-state index in [-0.39, 0.29) is 21.8 Å². The second-order valence-corrected chi connectivity index (χ2v) is 5.30. The van der Waals surface area contributed by atoms with Gasteiger partial charge in [0.2, 0.25) is 0 Å². The fourth-order valence-electron chi connectivity index (χ4n) is 1.99. The summed E-state index contributed by atoms with van der Waals surface area (Å²) < 4.78 is 4.64. The summed E-state index contributed by atoms with van der Waals surface area (Å²) in [6, 6.07) is 8.30. The largest absolute Gasteiger partial charge is 0.465 e. The van der Waals surface area contributed by atoms with Crippen molar-refractivity contribution in [2.75, 3.05) is 12.4 Å². The second kappa shape index (κ2) is 7.10. The zero-order chi connectivity index (χ0) is 17.9. The molecule has 0 saturated heterocycles. The minimum atomic E-state index is -0.600. The molecule has 124 valence electrons. The van der Waals surface area contributed by atoms with Gasteiger partial charge in [0.1, 0.15) is 0 Å². The van der Waals surface area contributed by atoms with E-state index in [1.54, 1.807) is 19.1 Å². The third-order valence-corrected chi connectivity index (χ3v) is 3.63. The van der Waals surface area contributed by atoms with Gasteiger partial charge in [-0.3, -0.25) is 14.9 Å². The molecule has 0 aliphatic heterocycles. The van der Waals surface area contributed by atoms with E-state index < -0.39 is 16.8 Å². The lowest BCUT2D eigenvalue weighted by Crippen LogP contribution is -2.14. The predicted molar refractivity (Wildman–Crippen MR) is 88.6 cm³/mol. The SMILES string of the molecule is COC(=O)c1ccc(C)c(NC(=O)c2ccc([N+](=O)[O-])cc2Cl)c1. The van der Waals surface area contributed by atoms with Crippen LogP contribution in [0.15, 0.2) is 36.4 Å². The molecule has 2 rings (SSSR count). The van der Waals surface area contributed by atoms with Crippen LogP contribution in [-0.4, -0.2) is 23.9 Å². The number of carbonyl (C=O) groups is 2. The molecule has 24 heavy (non-hydrogen) atoms. The molecule has 1 amide bonds. The molecule has 7 nitrogen and oxygen atoms in total. The molecule has 0 radical (unpaired) electrons. The highest BCUT2D eigenvalue weighted by atomic mass is 35.5. The van der Waals surface area contributed by atoms with Gasteiger partial charge in [-0.05, 0) is 30.7 Å². The summed E-state index contributed by atoms with van der Waals surface area (Å²) in [5.41, 5.74) is 1.31. The van der Waals surface area contributed by atoms with Gasteiger partial charge in [0.25, 0.3) is 11.6 Å². The Kier molecular flexibility index (Phi) is 5.15. The minimum Gasteiger partial charge on any atom is -0.465 e. The fraction of sp³-hybridized carbons (Fsp3) is 0.125. The van der Waals surface area contributed by atoms with Crippen LogP contribution in [0.25, 0.3) is 0 Å². The van der Waals surface area contributed by atoms with Crippen LogP contribution in [0.5, 0.6) is 0 Å². The Labute approximate surface area is 142 Å². The van der Waals surface area contributed by atoms with Crippen molar-refractivity contribution < 1.29 is 19.2 Å². The monoisotopic (exact) mass is 348 g/mol. The number of anilines is 1. The molecule has 0 unspecified atom stereocenters. The van der Waals surface area contributed by atoms with Crippen molar-refractivity contribution in [3.8, 4) is 0 Å². The van der Waals surface area contributed by atoms with Crippen molar-refractivity contribution in [3.05, 3.63) is 68.2 Å². The maximum atomic E-state index is 12.3. The molecule has 0 aliphatic carbocycles. The summed E-state index contributed by atoms with van der Waals surface area (Å²) in [5.74, 6) is -1.07. The number of esters is 1. The van der Waals surface area contributed by atoms with Gasteiger partial charge >= 0.3 is 5.97 Å². The number of aryl methyl sites for hydroxylation is 1. The van der Waals surface area contributed by atoms with Gasteiger partial charge < -0.3 is 10.1 Å². The van der Waals surface area contributed by atoms with Gasteiger partial charge in [-0.2, -0.15) is 0 Å². The molecule has 8 heteroatoms. The average molecular weight is 349 g/mol. The van der Waals surface area contributed by atoms with Crippen LogP contribution < -0.4 is 5.32 Å². The van der Waals surface area contributed by atoms with E-state index in [1.165, 1.54) is 25.3 Å². The summed E-state index contributed by atoms with van der Waals surface area (Å²) in [6.07, 6.45) is 0. The van der Waals surface area contributed by atoms with E-state index >= 15 is 0 Å². The zero-order valence-electron chi connectivity index (χ0n) is 12.8. The third-order valence-electron chi connectivity index (χ3n) is 3.31. The number of nitrogens with one attached hydrogen (secondary N) is 1. The van der Waals surface area contributed by atoms with Crippen molar-refractivity contribution in [1.29, 1.82) is 0 Å². The Morgan fingerprint density at radius 1 is 1.21 bits per heavy atom. The Morgan fingerprint density at radius 2 is 1.92 bits per heavy atom. The molecule has 0 spiro atoms. The van der Waals surface area contributed by atoms with Crippen LogP contribution in [0.1, 0.15) is 26.3 Å². The number of ether oxygens (including phenoxy) is 1. The van der Waals surface area contributed by atoms with Crippen LogP contribution in [0.2, 0.25) is 5.02 Å². The van der Waals surface area contributed by atoms with Gasteiger partial charge in [0, 0.05) is 17.8 Å². The molecule has 2 aromatic rings. The van der Waals surface area contributed by atoms with Gasteiger partial charge in [-0.1, -0.05) is 17.7 Å². The van der Waals surface area contributed by atoms with Crippen molar-refractivity contribution in [2.24, 2.45) is 0 Å². The number of amides is 1. The lowest BCUT2D eigenvalue weighted by Gasteiger charge is -2.11. The van der Waals surface area contributed by atoms with Crippen molar-refractivity contribution in [1.82, 2.24) is 0 Å².